The number of fused-ring (bicyclic) bond motifs is 1. The lowest BCUT2D eigenvalue weighted by atomic mass is 10.3. The molecular formula is C11H11N5OS. The van der Waals surface area contributed by atoms with Crippen molar-refractivity contribution in [3.8, 4) is 5.75 Å². The largest absolute Gasteiger partial charge is 0.486 e. The standard InChI is InChI=1S/C11H11N5OS/c1-7-13-14-11-16(7)15-10(18-11)6-17-9-4-2-3-8(12)5-9/h2-5H,6,12H2,1H3. The molecule has 3 aromatic rings. The van der Waals surface area contributed by atoms with E-state index in [4.69, 9.17) is 10.5 Å². The maximum Gasteiger partial charge on any atom is 0.234 e. The van der Waals surface area contributed by atoms with E-state index < -0.39 is 0 Å². The molecule has 0 aliphatic rings. The van der Waals surface area contributed by atoms with Crippen LogP contribution in [-0.4, -0.2) is 19.8 Å². The Balaban J connectivity index is 1.76. The molecule has 0 aliphatic heterocycles. The Morgan fingerprint density at radius 3 is 3.06 bits per heavy atom. The molecule has 18 heavy (non-hydrogen) atoms. The predicted molar refractivity (Wildman–Crippen MR) is 68.6 cm³/mol. The third-order valence-corrected chi connectivity index (χ3v) is 3.28. The Hall–Kier alpha value is -2.15. The number of aromatic nitrogens is 4. The number of anilines is 1. The highest BCUT2D eigenvalue weighted by Gasteiger charge is 2.08. The monoisotopic (exact) mass is 261 g/mol. The first-order chi connectivity index (χ1) is 8.72. The molecular weight excluding hydrogens is 250 g/mol. The van der Waals surface area contributed by atoms with Gasteiger partial charge in [-0.3, -0.25) is 0 Å². The molecule has 7 heteroatoms. The second kappa shape index (κ2) is 4.26. The van der Waals surface area contributed by atoms with Crippen molar-refractivity contribution < 1.29 is 4.74 Å². The van der Waals surface area contributed by atoms with Crippen molar-refractivity contribution in [3.63, 3.8) is 0 Å². The summed E-state index contributed by atoms with van der Waals surface area (Å²) in [6, 6.07) is 7.32. The Bertz CT molecular complexity index is 690. The van der Waals surface area contributed by atoms with Gasteiger partial charge in [-0.15, -0.1) is 10.2 Å². The lowest BCUT2D eigenvalue weighted by molar-refractivity contribution is 0.304. The van der Waals surface area contributed by atoms with E-state index in [1.165, 1.54) is 11.3 Å². The number of rotatable bonds is 3. The molecule has 0 atom stereocenters. The Morgan fingerprint density at radius 1 is 1.39 bits per heavy atom. The molecule has 0 saturated carbocycles. The summed E-state index contributed by atoms with van der Waals surface area (Å²) in [6.07, 6.45) is 0. The van der Waals surface area contributed by atoms with E-state index in [0.29, 0.717) is 12.3 Å². The Morgan fingerprint density at radius 2 is 2.28 bits per heavy atom. The van der Waals surface area contributed by atoms with Crippen LogP contribution in [0.3, 0.4) is 0 Å². The summed E-state index contributed by atoms with van der Waals surface area (Å²) in [5.41, 5.74) is 6.36. The summed E-state index contributed by atoms with van der Waals surface area (Å²) in [4.78, 5) is 0.777. The highest BCUT2D eigenvalue weighted by Crippen LogP contribution is 2.18. The van der Waals surface area contributed by atoms with Gasteiger partial charge in [0.1, 0.15) is 12.4 Å². The van der Waals surface area contributed by atoms with Gasteiger partial charge in [0.25, 0.3) is 0 Å². The fraction of sp³-hybridized carbons (Fsp3) is 0.182. The molecule has 0 spiro atoms. The maximum absolute atomic E-state index is 5.68. The number of nitrogens with two attached hydrogens (primary N) is 1. The molecule has 0 saturated heterocycles. The number of hydrogen-bond acceptors (Lipinski definition) is 6. The van der Waals surface area contributed by atoms with Gasteiger partial charge in [-0.1, -0.05) is 17.4 Å². The van der Waals surface area contributed by atoms with Crippen molar-refractivity contribution in [3.05, 3.63) is 35.1 Å². The van der Waals surface area contributed by atoms with Gasteiger partial charge in [-0.05, 0) is 19.1 Å². The number of ether oxygens (including phenoxy) is 1. The summed E-state index contributed by atoms with van der Waals surface area (Å²) < 4.78 is 7.33. The molecule has 0 aliphatic carbocycles. The number of benzene rings is 1. The van der Waals surface area contributed by atoms with Gasteiger partial charge in [-0.2, -0.15) is 9.61 Å². The van der Waals surface area contributed by atoms with Crippen molar-refractivity contribution in [1.82, 2.24) is 19.8 Å². The number of nitrogen functional groups attached to an aromatic ring is 1. The molecule has 0 bridgehead atoms. The zero-order valence-electron chi connectivity index (χ0n) is 9.70. The van der Waals surface area contributed by atoms with Crippen molar-refractivity contribution in [1.29, 1.82) is 0 Å². The minimum atomic E-state index is 0.400. The molecule has 0 unspecified atom stereocenters. The summed E-state index contributed by atoms with van der Waals surface area (Å²) in [7, 11) is 0. The van der Waals surface area contributed by atoms with Gasteiger partial charge in [0.15, 0.2) is 10.8 Å². The van der Waals surface area contributed by atoms with E-state index in [9.17, 15) is 0 Å². The highest BCUT2D eigenvalue weighted by molar-refractivity contribution is 7.16. The summed E-state index contributed by atoms with van der Waals surface area (Å²) >= 11 is 1.46. The highest BCUT2D eigenvalue weighted by atomic mass is 32.1. The minimum absolute atomic E-state index is 0.400. The molecule has 1 aromatic carbocycles. The van der Waals surface area contributed by atoms with Gasteiger partial charge in [0.2, 0.25) is 4.96 Å². The van der Waals surface area contributed by atoms with E-state index in [0.717, 1.165) is 21.5 Å². The average molecular weight is 261 g/mol. The van der Waals surface area contributed by atoms with Gasteiger partial charge in [0, 0.05) is 11.8 Å². The van der Waals surface area contributed by atoms with Crippen LogP contribution in [0.25, 0.3) is 4.96 Å². The zero-order valence-corrected chi connectivity index (χ0v) is 10.5. The number of hydrogen-bond donors (Lipinski definition) is 1. The Kier molecular flexibility index (Phi) is 2.60. The van der Waals surface area contributed by atoms with Crippen LogP contribution in [0.5, 0.6) is 5.75 Å². The van der Waals surface area contributed by atoms with Crippen LogP contribution in [0.15, 0.2) is 24.3 Å². The van der Waals surface area contributed by atoms with E-state index in [1.807, 2.05) is 25.1 Å². The van der Waals surface area contributed by atoms with Crippen LogP contribution in [-0.2, 0) is 6.61 Å². The van der Waals surface area contributed by atoms with Gasteiger partial charge in [0.05, 0.1) is 0 Å². The normalized spacial score (nSPS) is 10.9. The predicted octanol–water partition coefficient (Wildman–Crippen LogP) is 1.66. The smallest absolute Gasteiger partial charge is 0.234 e. The third-order valence-electron chi connectivity index (χ3n) is 2.41. The summed E-state index contributed by atoms with van der Waals surface area (Å²) in [5.74, 6) is 1.51. The van der Waals surface area contributed by atoms with Gasteiger partial charge < -0.3 is 10.5 Å². The second-order valence-corrected chi connectivity index (χ2v) is 4.84. The summed E-state index contributed by atoms with van der Waals surface area (Å²) in [6.45, 7) is 2.26. The molecule has 0 radical (unpaired) electrons. The first kappa shape index (κ1) is 11.0. The van der Waals surface area contributed by atoms with Crippen LogP contribution >= 0.6 is 11.3 Å². The molecule has 0 amide bonds. The van der Waals surface area contributed by atoms with Crippen LogP contribution in [0.2, 0.25) is 0 Å². The van der Waals surface area contributed by atoms with Crippen LogP contribution in [0.1, 0.15) is 10.8 Å². The molecule has 6 nitrogen and oxygen atoms in total. The topological polar surface area (TPSA) is 78.3 Å². The Labute approximate surface area is 107 Å². The molecule has 2 heterocycles. The van der Waals surface area contributed by atoms with Crippen LogP contribution in [0, 0.1) is 6.92 Å². The first-order valence-electron chi connectivity index (χ1n) is 5.38. The van der Waals surface area contributed by atoms with Crippen LogP contribution < -0.4 is 10.5 Å². The maximum atomic E-state index is 5.68. The summed E-state index contributed by atoms with van der Waals surface area (Å²) in [5, 5.41) is 13.1. The van der Waals surface area contributed by atoms with E-state index >= 15 is 0 Å². The molecule has 2 N–H and O–H groups in total. The lowest BCUT2D eigenvalue weighted by Crippen LogP contribution is -1.97. The molecule has 0 fully saturated rings. The van der Waals surface area contributed by atoms with Gasteiger partial charge >= 0.3 is 0 Å². The van der Waals surface area contributed by atoms with Crippen molar-refractivity contribution in [2.45, 2.75) is 13.5 Å². The zero-order chi connectivity index (χ0) is 12.5. The fourth-order valence-electron chi connectivity index (χ4n) is 1.56. The van der Waals surface area contributed by atoms with Crippen molar-refractivity contribution in [2.24, 2.45) is 0 Å². The SMILES string of the molecule is Cc1nnc2sc(COc3cccc(N)c3)nn12. The second-order valence-electron chi connectivity index (χ2n) is 3.80. The molecule has 2 aromatic heterocycles. The molecule has 3 rings (SSSR count). The number of aryl methyl sites for hydroxylation is 1. The van der Waals surface area contributed by atoms with Crippen molar-refractivity contribution >= 4 is 22.0 Å². The van der Waals surface area contributed by atoms with Gasteiger partial charge in [-0.25, -0.2) is 0 Å². The van der Waals surface area contributed by atoms with E-state index in [2.05, 4.69) is 15.3 Å². The third kappa shape index (κ3) is 2.00. The number of nitrogens with zero attached hydrogens (tertiary/aromatic N) is 4. The first-order valence-corrected chi connectivity index (χ1v) is 6.20. The fourth-order valence-corrected chi connectivity index (χ4v) is 2.35. The quantitative estimate of drug-likeness (QED) is 0.725. The van der Waals surface area contributed by atoms with E-state index in [1.54, 1.807) is 10.6 Å². The molecule has 92 valence electrons. The van der Waals surface area contributed by atoms with E-state index in [-0.39, 0.29) is 0 Å². The van der Waals surface area contributed by atoms with Crippen molar-refractivity contribution in [2.75, 3.05) is 5.73 Å². The lowest BCUT2D eigenvalue weighted by Gasteiger charge is -2.03. The minimum Gasteiger partial charge on any atom is -0.486 e. The average Bonchev–Trinajstić information content (AvgIpc) is 2.90. The van der Waals surface area contributed by atoms with Crippen LogP contribution in [0.4, 0.5) is 5.69 Å².